The van der Waals surface area contributed by atoms with Crippen LogP contribution in [0.25, 0.3) is 22.8 Å². The molecule has 0 spiro atoms. The maximum absolute atomic E-state index is 11.5. The van der Waals surface area contributed by atoms with E-state index in [2.05, 4.69) is 4.98 Å². The number of nitrogens with zero attached hydrogens (tertiary/aromatic N) is 1. The highest BCUT2D eigenvalue weighted by molar-refractivity contribution is 5.80. The molecule has 0 radical (unpaired) electrons. The highest BCUT2D eigenvalue weighted by Crippen LogP contribution is 2.40. The van der Waals surface area contributed by atoms with Crippen molar-refractivity contribution in [2.75, 3.05) is 0 Å². The van der Waals surface area contributed by atoms with Crippen molar-refractivity contribution in [3.63, 3.8) is 0 Å². The van der Waals surface area contributed by atoms with Gasteiger partial charge in [-0.05, 0) is 24.3 Å². The smallest absolute Gasteiger partial charge is 0.308 e. The predicted molar refractivity (Wildman–Crippen MR) is 101 cm³/mol. The van der Waals surface area contributed by atoms with E-state index in [4.69, 9.17) is 18.6 Å². The molecule has 0 bridgehead atoms. The molecule has 2 aromatic carbocycles. The molecular formula is C21H17NO7. The van der Waals surface area contributed by atoms with Crippen LogP contribution >= 0.6 is 0 Å². The average molecular weight is 395 g/mol. The van der Waals surface area contributed by atoms with Gasteiger partial charge >= 0.3 is 17.9 Å². The minimum atomic E-state index is -0.599. The molecule has 29 heavy (non-hydrogen) atoms. The lowest BCUT2D eigenvalue weighted by atomic mass is 10.1. The van der Waals surface area contributed by atoms with Crippen LogP contribution in [0.1, 0.15) is 20.8 Å². The molecule has 0 saturated carbocycles. The van der Waals surface area contributed by atoms with E-state index < -0.39 is 17.9 Å². The second-order valence-corrected chi connectivity index (χ2v) is 5.94. The molecule has 1 heterocycles. The highest BCUT2D eigenvalue weighted by atomic mass is 16.6. The minimum absolute atomic E-state index is 0.0110. The van der Waals surface area contributed by atoms with Gasteiger partial charge in [0.2, 0.25) is 5.89 Å². The summed E-state index contributed by atoms with van der Waals surface area (Å²) in [5.41, 5.74) is 0.835. The lowest BCUT2D eigenvalue weighted by molar-refractivity contribution is -0.134. The van der Waals surface area contributed by atoms with Gasteiger partial charge in [-0.3, -0.25) is 14.4 Å². The normalized spacial score (nSPS) is 10.3. The summed E-state index contributed by atoms with van der Waals surface area (Å²) in [5.74, 6) is -0.787. The molecule has 3 aromatic rings. The Morgan fingerprint density at radius 1 is 0.759 bits per heavy atom. The van der Waals surface area contributed by atoms with Crippen LogP contribution in [0.2, 0.25) is 0 Å². The number of para-hydroxylation sites is 2. The molecule has 8 nitrogen and oxygen atoms in total. The minimum Gasteiger partial charge on any atom is -0.436 e. The molecule has 8 heteroatoms. The summed E-state index contributed by atoms with van der Waals surface area (Å²) >= 11 is 0. The third kappa shape index (κ3) is 4.67. The fourth-order valence-corrected chi connectivity index (χ4v) is 2.61. The molecule has 0 aliphatic heterocycles. The molecule has 0 saturated heterocycles. The van der Waals surface area contributed by atoms with Gasteiger partial charge in [0, 0.05) is 20.8 Å². The van der Waals surface area contributed by atoms with Crippen LogP contribution in [0.3, 0.4) is 0 Å². The largest absolute Gasteiger partial charge is 0.436 e. The molecule has 0 aliphatic carbocycles. The summed E-state index contributed by atoms with van der Waals surface area (Å²) in [7, 11) is 0. The number of hydrogen-bond acceptors (Lipinski definition) is 8. The fraction of sp³-hybridized carbons (Fsp3) is 0.143. The number of esters is 3. The Balaban J connectivity index is 2.06. The van der Waals surface area contributed by atoms with Crippen molar-refractivity contribution < 1.29 is 33.0 Å². The zero-order valence-electron chi connectivity index (χ0n) is 15.9. The first-order valence-electron chi connectivity index (χ1n) is 8.59. The summed E-state index contributed by atoms with van der Waals surface area (Å²) in [6, 6.07) is 11.5. The number of benzene rings is 2. The second kappa shape index (κ2) is 8.39. The molecular weight excluding hydrogens is 378 g/mol. The first-order valence-corrected chi connectivity index (χ1v) is 8.59. The molecule has 0 fully saturated rings. The number of hydrogen-bond donors (Lipinski definition) is 0. The van der Waals surface area contributed by atoms with Crippen molar-refractivity contribution in [1.82, 2.24) is 4.98 Å². The molecule has 0 aliphatic rings. The van der Waals surface area contributed by atoms with Crippen molar-refractivity contribution >= 4 is 17.9 Å². The third-order valence-corrected chi connectivity index (χ3v) is 3.62. The van der Waals surface area contributed by atoms with Gasteiger partial charge in [-0.1, -0.05) is 18.2 Å². The quantitative estimate of drug-likeness (QED) is 0.475. The van der Waals surface area contributed by atoms with Gasteiger partial charge < -0.3 is 18.6 Å². The van der Waals surface area contributed by atoms with Gasteiger partial charge in [-0.25, -0.2) is 4.98 Å². The first kappa shape index (κ1) is 19.8. The van der Waals surface area contributed by atoms with Crippen LogP contribution in [0.4, 0.5) is 0 Å². The Labute approximate surface area is 166 Å². The van der Waals surface area contributed by atoms with E-state index in [1.807, 2.05) is 0 Å². The van der Waals surface area contributed by atoms with E-state index in [1.54, 1.807) is 36.4 Å². The van der Waals surface area contributed by atoms with E-state index in [0.29, 0.717) is 22.6 Å². The van der Waals surface area contributed by atoms with Gasteiger partial charge in [0.15, 0.2) is 17.3 Å². The zero-order valence-corrected chi connectivity index (χ0v) is 15.9. The number of oxazole rings is 1. The zero-order chi connectivity index (χ0) is 21.0. The Hall–Kier alpha value is -3.94. The average Bonchev–Trinajstić information content (AvgIpc) is 3.12. The first-order chi connectivity index (χ1) is 13.8. The van der Waals surface area contributed by atoms with Gasteiger partial charge in [0.25, 0.3) is 0 Å². The Bertz CT molecular complexity index is 1080. The fourth-order valence-electron chi connectivity index (χ4n) is 2.61. The van der Waals surface area contributed by atoms with Crippen LogP contribution in [-0.2, 0) is 14.4 Å². The molecule has 0 N–H and O–H groups in total. The molecule has 3 rings (SSSR count). The van der Waals surface area contributed by atoms with E-state index >= 15 is 0 Å². The van der Waals surface area contributed by atoms with E-state index in [1.165, 1.54) is 33.0 Å². The molecule has 0 amide bonds. The SMILES string of the molecule is CC(=O)Oc1ccccc1-c1cnc(-c2cccc(OC(C)=O)c2OC(C)=O)o1. The number of rotatable bonds is 5. The maximum Gasteiger partial charge on any atom is 0.308 e. The van der Waals surface area contributed by atoms with Crippen molar-refractivity contribution in [2.24, 2.45) is 0 Å². The van der Waals surface area contributed by atoms with Gasteiger partial charge in [-0.15, -0.1) is 0 Å². The summed E-state index contributed by atoms with van der Waals surface area (Å²) in [4.78, 5) is 38.5. The van der Waals surface area contributed by atoms with Crippen LogP contribution in [-0.4, -0.2) is 22.9 Å². The van der Waals surface area contributed by atoms with Crippen LogP contribution < -0.4 is 14.2 Å². The van der Waals surface area contributed by atoms with Gasteiger partial charge in [0.1, 0.15) is 5.75 Å². The van der Waals surface area contributed by atoms with Crippen molar-refractivity contribution in [2.45, 2.75) is 20.8 Å². The molecule has 1 aromatic heterocycles. The van der Waals surface area contributed by atoms with E-state index in [0.717, 1.165) is 0 Å². The Kier molecular flexibility index (Phi) is 5.73. The standard InChI is InChI=1S/C21H17NO7/c1-12(23)26-17-9-5-4-7-15(17)19-11-22-21(29-19)16-8-6-10-18(27-13(2)24)20(16)28-14(3)25/h4-11H,1-3H3. The number of carbonyl (C=O) groups excluding carboxylic acids is 3. The highest BCUT2D eigenvalue weighted by Gasteiger charge is 2.21. The number of ether oxygens (including phenoxy) is 3. The Morgan fingerprint density at radius 3 is 2.03 bits per heavy atom. The van der Waals surface area contributed by atoms with Crippen LogP contribution in [0.15, 0.2) is 53.1 Å². The van der Waals surface area contributed by atoms with Gasteiger partial charge in [-0.2, -0.15) is 0 Å². The predicted octanol–water partition coefficient (Wildman–Crippen LogP) is 3.78. The van der Waals surface area contributed by atoms with Crippen molar-refractivity contribution in [1.29, 1.82) is 0 Å². The second-order valence-electron chi connectivity index (χ2n) is 5.94. The van der Waals surface area contributed by atoms with Crippen LogP contribution in [0.5, 0.6) is 17.2 Å². The summed E-state index contributed by atoms with van der Waals surface area (Å²) in [6.07, 6.45) is 1.45. The lowest BCUT2D eigenvalue weighted by Gasteiger charge is -2.11. The topological polar surface area (TPSA) is 105 Å². The third-order valence-electron chi connectivity index (χ3n) is 3.62. The molecule has 148 valence electrons. The summed E-state index contributed by atoms with van der Waals surface area (Å²) in [5, 5.41) is 0. The lowest BCUT2D eigenvalue weighted by Crippen LogP contribution is -2.08. The monoisotopic (exact) mass is 395 g/mol. The maximum atomic E-state index is 11.5. The van der Waals surface area contributed by atoms with Crippen molar-refractivity contribution in [3.8, 4) is 40.0 Å². The van der Waals surface area contributed by atoms with Crippen molar-refractivity contribution in [3.05, 3.63) is 48.7 Å². The summed E-state index contributed by atoms with van der Waals surface area (Å²) < 4.78 is 21.4. The van der Waals surface area contributed by atoms with Gasteiger partial charge in [0.05, 0.1) is 17.3 Å². The molecule has 0 atom stereocenters. The van der Waals surface area contributed by atoms with E-state index in [-0.39, 0.29) is 17.4 Å². The number of aromatic nitrogens is 1. The van der Waals surface area contributed by atoms with E-state index in [9.17, 15) is 14.4 Å². The Morgan fingerprint density at radius 2 is 1.34 bits per heavy atom. The summed E-state index contributed by atoms with van der Waals surface area (Å²) in [6.45, 7) is 3.76. The van der Waals surface area contributed by atoms with Crippen LogP contribution in [0, 0.1) is 0 Å². The molecule has 0 unspecified atom stereocenters. The number of carbonyl (C=O) groups is 3.